The average molecular weight is 287 g/mol. The molecule has 0 bridgehead atoms. The fourth-order valence-corrected chi connectivity index (χ4v) is 1.93. The largest absolute Gasteiger partial charge is 0.390 e. The van der Waals surface area contributed by atoms with Gasteiger partial charge in [-0.05, 0) is 25.7 Å². The van der Waals surface area contributed by atoms with Crippen molar-refractivity contribution in [3.05, 3.63) is 34.3 Å². The van der Waals surface area contributed by atoms with E-state index < -0.39 is 0 Å². The second-order valence-electron chi connectivity index (χ2n) is 4.14. The van der Waals surface area contributed by atoms with Crippen molar-refractivity contribution in [3.63, 3.8) is 0 Å². The quantitative estimate of drug-likeness (QED) is 0.831. The van der Waals surface area contributed by atoms with Crippen LogP contribution in [0.5, 0.6) is 0 Å². The molecule has 1 aromatic rings. The number of hydrogen-bond donors (Lipinski definition) is 2. The van der Waals surface area contributed by atoms with Crippen LogP contribution in [0.15, 0.2) is 28.7 Å². The summed E-state index contributed by atoms with van der Waals surface area (Å²) in [6, 6.07) is 8.09. The fourth-order valence-electron chi connectivity index (χ4n) is 1.50. The Kier molecular flexibility index (Phi) is 5.98. The molecule has 0 radical (unpaired) electrons. The Bertz CT molecular complexity index is 318. The van der Waals surface area contributed by atoms with Gasteiger partial charge in [-0.2, -0.15) is 0 Å². The van der Waals surface area contributed by atoms with Crippen LogP contribution in [0, 0.1) is 0 Å². The molecule has 0 saturated carbocycles. The van der Waals surface area contributed by atoms with Gasteiger partial charge in [-0.15, -0.1) is 0 Å². The summed E-state index contributed by atoms with van der Waals surface area (Å²) in [6.07, 6.45) is -0.322. The van der Waals surface area contributed by atoms with Gasteiger partial charge in [0.2, 0.25) is 0 Å². The first kappa shape index (κ1) is 13.6. The lowest BCUT2D eigenvalue weighted by atomic mass is 10.2. The van der Waals surface area contributed by atoms with E-state index in [4.69, 9.17) is 0 Å². The van der Waals surface area contributed by atoms with E-state index in [9.17, 15) is 5.11 Å². The highest BCUT2D eigenvalue weighted by Gasteiger charge is 2.05. The van der Waals surface area contributed by atoms with E-state index in [0.29, 0.717) is 13.1 Å². The maximum absolute atomic E-state index is 9.65. The second kappa shape index (κ2) is 7.01. The van der Waals surface area contributed by atoms with Gasteiger partial charge in [0.15, 0.2) is 0 Å². The molecule has 90 valence electrons. The lowest BCUT2D eigenvalue weighted by Crippen LogP contribution is -2.34. The Morgan fingerprint density at radius 1 is 1.38 bits per heavy atom. The molecule has 3 nitrogen and oxygen atoms in total. The first-order chi connectivity index (χ1) is 7.59. The third kappa shape index (κ3) is 5.07. The number of aliphatic hydroxyl groups excluding tert-OH is 1. The van der Waals surface area contributed by atoms with Gasteiger partial charge in [-0.3, -0.25) is 0 Å². The average Bonchev–Trinajstić information content (AvgIpc) is 2.19. The van der Waals surface area contributed by atoms with Crippen LogP contribution < -0.4 is 5.32 Å². The third-order valence-electron chi connectivity index (χ3n) is 2.23. The van der Waals surface area contributed by atoms with Gasteiger partial charge in [0.1, 0.15) is 0 Å². The summed E-state index contributed by atoms with van der Waals surface area (Å²) >= 11 is 3.49. The first-order valence-corrected chi connectivity index (χ1v) is 6.16. The third-order valence-corrected chi connectivity index (χ3v) is 3.00. The maximum Gasteiger partial charge on any atom is 0.0791 e. The van der Waals surface area contributed by atoms with Crippen molar-refractivity contribution in [3.8, 4) is 0 Å². The van der Waals surface area contributed by atoms with Gasteiger partial charge in [0, 0.05) is 24.1 Å². The van der Waals surface area contributed by atoms with Crippen molar-refractivity contribution in [2.75, 3.05) is 27.2 Å². The molecule has 0 aromatic heterocycles. The molecule has 0 heterocycles. The summed E-state index contributed by atoms with van der Waals surface area (Å²) in [4.78, 5) is 1.98. The van der Waals surface area contributed by atoms with Gasteiger partial charge in [0.25, 0.3) is 0 Å². The number of nitrogens with one attached hydrogen (secondary N) is 1. The smallest absolute Gasteiger partial charge is 0.0791 e. The highest BCUT2D eigenvalue weighted by atomic mass is 79.9. The topological polar surface area (TPSA) is 35.5 Å². The fraction of sp³-hybridized carbons (Fsp3) is 0.500. The molecule has 0 spiro atoms. The molecule has 1 rings (SSSR count). The van der Waals surface area contributed by atoms with Gasteiger partial charge in [-0.25, -0.2) is 0 Å². The van der Waals surface area contributed by atoms with Crippen LogP contribution in [0.2, 0.25) is 0 Å². The second-order valence-corrected chi connectivity index (χ2v) is 4.99. The molecule has 0 fully saturated rings. The summed E-state index contributed by atoms with van der Waals surface area (Å²) < 4.78 is 1.10. The molecule has 16 heavy (non-hydrogen) atoms. The molecule has 1 unspecified atom stereocenters. The van der Waals surface area contributed by atoms with E-state index >= 15 is 0 Å². The van der Waals surface area contributed by atoms with E-state index in [1.165, 1.54) is 5.56 Å². The van der Waals surface area contributed by atoms with Crippen molar-refractivity contribution in [1.82, 2.24) is 10.2 Å². The predicted molar refractivity (Wildman–Crippen MR) is 70.4 cm³/mol. The van der Waals surface area contributed by atoms with E-state index in [2.05, 4.69) is 27.3 Å². The first-order valence-electron chi connectivity index (χ1n) is 5.36. The van der Waals surface area contributed by atoms with Gasteiger partial charge >= 0.3 is 0 Å². The monoisotopic (exact) mass is 286 g/mol. The van der Waals surface area contributed by atoms with Crippen molar-refractivity contribution in [2.45, 2.75) is 12.6 Å². The van der Waals surface area contributed by atoms with Crippen LogP contribution in [0.3, 0.4) is 0 Å². The zero-order valence-electron chi connectivity index (χ0n) is 9.78. The normalized spacial score (nSPS) is 13.1. The highest BCUT2D eigenvalue weighted by molar-refractivity contribution is 9.10. The van der Waals surface area contributed by atoms with Crippen molar-refractivity contribution < 1.29 is 5.11 Å². The lowest BCUT2D eigenvalue weighted by Gasteiger charge is -2.16. The van der Waals surface area contributed by atoms with Crippen molar-refractivity contribution >= 4 is 15.9 Å². The minimum atomic E-state index is -0.322. The number of rotatable bonds is 6. The van der Waals surface area contributed by atoms with Crippen LogP contribution >= 0.6 is 15.9 Å². The molecule has 1 atom stereocenters. The Hall–Kier alpha value is -0.420. The summed E-state index contributed by atoms with van der Waals surface area (Å²) in [7, 11) is 3.91. The van der Waals surface area contributed by atoms with E-state index in [1.54, 1.807) is 0 Å². The molecule has 0 saturated heterocycles. The molecular formula is C12H19BrN2O. The number of halogens is 1. The summed E-state index contributed by atoms with van der Waals surface area (Å²) in [5.74, 6) is 0. The highest BCUT2D eigenvalue weighted by Crippen LogP contribution is 2.15. The Labute approximate surface area is 106 Å². The number of aliphatic hydroxyl groups is 1. The molecule has 0 amide bonds. The van der Waals surface area contributed by atoms with Crippen molar-refractivity contribution in [1.29, 1.82) is 0 Å². The van der Waals surface area contributed by atoms with Gasteiger partial charge < -0.3 is 15.3 Å². The predicted octanol–water partition coefficient (Wildman–Crippen LogP) is 1.46. The molecule has 0 aliphatic heterocycles. The molecule has 0 aliphatic rings. The molecule has 4 heteroatoms. The van der Waals surface area contributed by atoms with E-state index in [1.807, 2.05) is 37.2 Å². The van der Waals surface area contributed by atoms with Gasteiger partial charge in [-0.1, -0.05) is 34.1 Å². The van der Waals surface area contributed by atoms with Crippen LogP contribution in [0.4, 0.5) is 0 Å². The van der Waals surface area contributed by atoms with E-state index in [-0.39, 0.29) is 6.10 Å². The van der Waals surface area contributed by atoms with Crippen LogP contribution in [0.1, 0.15) is 5.56 Å². The van der Waals surface area contributed by atoms with Gasteiger partial charge in [0.05, 0.1) is 6.10 Å². The standard InChI is InChI=1S/C12H19BrN2O/c1-15(2)9-11(16)8-14-7-10-5-3-4-6-12(10)13/h3-6,11,14,16H,7-9H2,1-2H3. The maximum atomic E-state index is 9.65. The van der Waals surface area contributed by atoms with E-state index in [0.717, 1.165) is 11.0 Å². The van der Waals surface area contributed by atoms with Crippen LogP contribution in [-0.2, 0) is 6.54 Å². The SMILES string of the molecule is CN(C)CC(O)CNCc1ccccc1Br. The zero-order valence-corrected chi connectivity index (χ0v) is 11.4. The lowest BCUT2D eigenvalue weighted by molar-refractivity contribution is 0.134. The number of hydrogen-bond acceptors (Lipinski definition) is 3. The molecule has 1 aromatic carbocycles. The number of benzene rings is 1. The Balaban J connectivity index is 2.28. The van der Waals surface area contributed by atoms with Crippen molar-refractivity contribution in [2.24, 2.45) is 0 Å². The zero-order chi connectivity index (χ0) is 12.0. The minimum absolute atomic E-state index is 0.322. The van der Waals surface area contributed by atoms with Crippen LogP contribution in [0.25, 0.3) is 0 Å². The minimum Gasteiger partial charge on any atom is -0.390 e. The summed E-state index contributed by atoms with van der Waals surface area (Å²) in [5.41, 5.74) is 1.21. The Morgan fingerprint density at radius 2 is 2.06 bits per heavy atom. The number of likely N-dealkylation sites (N-methyl/N-ethyl adjacent to an activating group) is 1. The summed E-state index contributed by atoms with van der Waals surface area (Å²) in [6.45, 7) is 2.06. The van der Waals surface area contributed by atoms with Crippen LogP contribution in [-0.4, -0.2) is 43.3 Å². The molecular weight excluding hydrogens is 268 g/mol. The molecule has 0 aliphatic carbocycles. The molecule has 2 N–H and O–H groups in total. The summed E-state index contributed by atoms with van der Waals surface area (Å²) in [5, 5.41) is 12.9. The number of nitrogens with zero attached hydrogens (tertiary/aromatic N) is 1. The Morgan fingerprint density at radius 3 is 2.69 bits per heavy atom.